The fourth-order valence-corrected chi connectivity index (χ4v) is 3.86. The molecule has 0 aliphatic carbocycles. The van der Waals surface area contributed by atoms with Crippen LogP contribution in [0.15, 0.2) is 64.4 Å². The molecule has 0 atom stereocenters. The van der Waals surface area contributed by atoms with Crippen LogP contribution in [0.2, 0.25) is 0 Å². The molecule has 2 rings (SSSR count). The summed E-state index contributed by atoms with van der Waals surface area (Å²) in [6, 6.07) is 5.95. The van der Waals surface area contributed by atoms with Crippen LogP contribution in [-0.4, -0.2) is 19.8 Å². The summed E-state index contributed by atoms with van der Waals surface area (Å²) < 4.78 is 29.3. The van der Waals surface area contributed by atoms with E-state index in [0.717, 1.165) is 21.4 Å². The first-order valence-corrected chi connectivity index (χ1v) is 10.5. The summed E-state index contributed by atoms with van der Waals surface area (Å²) >= 11 is 3.46. The molecule has 0 spiro atoms. The van der Waals surface area contributed by atoms with Crippen LogP contribution < -0.4 is 4.74 Å². The molecule has 4 nitrogen and oxygen atoms in total. The summed E-state index contributed by atoms with van der Waals surface area (Å²) in [6.07, 6.45) is 11.3. The first-order valence-electron chi connectivity index (χ1n) is 8.10. The predicted octanol–water partition coefficient (Wildman–Crippen LogP) is 6.12. The minimum atomic E-state index is -3.13. The third-order valence-electron chi connectivity index (χ3n) is 3.24. The van der Waals surface area contributed by atoms with Crippen molar-refractivity contribution in [2.24, 2.45) is 0 Å². The average molecular weight is 425 g/mol. The number of fused-ring (bicyclic) bond motifs is 1. The lowest BCUT2D eigenvalue weighted by molar-refractivity contribution is 0.229. The highest BCUT2D eigenvalue weighted by Gasteiger charge is 2.18. The third kappa shape index (κ3) is 6.44. The zero-order chi connectivity index (χ0) is 18.1. The molecule has 1 aliphatic rings. The minimum Gasteiger partial charge on any atom is -0.488 e. The SMILES string of the molecule is CCOP(=O)(C=CC=CC=CC1=Cc2cc(Br)ccc2OC1)OCC. The fraction of sp³-hybridized carbons (Fsp3) is 0.263. The molecule has 0 saturated heterocycles. The molecule has 0 amide bonds. The van der Waals surface area contributed by atoms with E-state index in [2.05, 4.69) is 22.0 Å². The Morgan fingerprint density at radius 1 is 1.16 bits per heavy atom. The number of allylic oxidation sites excluding steroid dienone is 4. The Labute approximate surface area is 157 Å². The molecule has 25 heavy (non-hydrogen) atoms. The first kappa shape index (κ1) is 19.9. The maximum Gasteiger partial charge on any atom is 0.354 e. The smallest absolute Gasteiger partial charge is 0.354 e. The van der Waals surface area contributed by atoms with Gasteiger partial charge in [0.25, 0.3) is 0 Å². The number of hydrogen-bond donors (Lipinski definition) is 0. The summed E-state index contributed by atoms with van der Waals surface area (Å²) in [5.74, 6) is 2.36. The average Bonchev–Trinajstić information content (AvgIpc) is 2.58. The van der Waals surface area contributed by atoms with Crippen LogP contribution in [0.5, 0.6) is 5.75 Å². The van der Waals surface area contributed by atoms with E-state index in [0.29, 0.717) is 19.8 Å². The van der Waals surface area contributed by atoms with E-state index in [-0.39, 0.29) is 0 Å². The molecular formula is C19H22BrO4P. The van der Waals surface area contributed by atoms with Crippen molar-refractivity contribution in [1.82, 2.24) is 0 Å². The number of ether oxygens (including phenoxy) is 1. The Balaban J connectivity index is 1.95. The molecule has 1 aliphatic heterocycles. The Hall–Kier alpha value is -1.39. The number of rotatable bonds is 8. The van der Waals surface area contributed by atoms with Gasteiger partial charge in [0.1, 0.15) is 12.4 Å². The second-order valence-electron chi connectivity index (χ2n) is 5.15. The van der Waals surface area contributed by atoms with Crippen LogP contribution in [0.25, 0.3) is 6.08 Å². The van der Waals surface area contributed by atoms with Gasteiger partial charge in [-0.05, 0) is 43.7 Å². The molecule has 134 valence electrons. The molecule has 0 saturated carbocycles. The van der Waals surface area contributed by atoms with Crippen molar-refractivity contribution in [3.05, 3.63) is 70.0 Å². The Morgan fingerprint density at radius 3 is 2.60 bits per heavy atom. The van der Waals surface area contributed by atoms with Crippen molar-refractivity contribution in [2.75, 3.05) is 19.8 Å². The van der Waals surface area contributed by atoms with E-state index >= 15 is 0 Å². The van der Waals surface area contributed by atoms with Crippen LogP contribution in [0.1, 0.15) is 19.4 Å². The minimum absolute atomic E-state index is 0.344. The van der Waals surface area contributed by atoms with Gasteiger partial charge in [0, 0.05) is 15.9 Å². The number of hydrogen-bond acceptors (Lipinski definition) is 4. The molecule has 0 N–H and O–H groups in total. The van der Waals surface area contributed by atoms with Gasteiger partial charge in [0.2, 0.25) is 0 Å². The summed E-state index contributed by atoms with van der Waals surface area (Å²) in [5.41, 5.74) is 2.13. The van der Waals surface area contributed by atoms with Crippen LogP contribution >= 0.6 is 23.5 Å². The van der Waals surface area contributed by atoms with Gasteiger partial charge >= 0.3 is 7.60 Å². The van der Waals surface area contributed by atoms with Crippen LogP contribution in [-0.2, 0) is 13.6 Å². The summed E-state index contributed by atoms with van der Waals surface area (Å²) in [7, 11) is -3.13. The fourth-order valence-electron chi connectivity index (χ4n) is 2.21. The van der Waals surface area contributed by atoms with Crippen molar-refractivity contribution in [2.45, 2.75) is 13.8 Å². The van der Waals surface area contributed by atoms with E-state index in [1.807, 2.05) is 36.4 Å². The summed E-state index contributed by atoms with van der Waals surface area (Å²) in [6.45, 7) is 4.80. The standard InChI is InChI=1S/C19H22BrO4P/c1-3-23-25(21,24-4-2)12-8-6-5-7-9-16-13-17-14-18(20)10-11-19(17)22-15-16/h5-14H,3-4,15H2,1-2H3. The highest BCUT2D eigenvalue weighted by atomic mass is 79.9. The van der Waals surface area contributed by atoms with Gasteiger partial charge in [-0.2, -0.15) is 0 Å². The molecule has 0 unspecified atom stereocenters. The first-order chi connectivity index (χ1) is 12.1. The quantitative estimate of drug-likeness (QED) is 0.372. The van der Waals surface area contributed by atoms with Crippen molar-refractivity contribution >= 4 is 29.6 Å². The maximum absolute atomic E-state index is 12.2. The molecule has 0 fully saturated rings. The highest BCUT2D eigenvalue weighted by Crippen LogP contribution is 2.49. The largest absolute Gasteiger partial charge is 0.488 e. The molecular weight excluding hydrogens is 403 g/mol. The monoisotopic (exact) mass is 424 g/mol. The zero-order valence-corrected chi connectivity index (χ0v) is 16.8. The lowest BCUT2D eigenvalue weighted by Crippen LogP contribution is -2.05. The summed E-state index contributed by atoms with van der Waals surface area (Å²) in [5, 5.41) is 0. The predicted molar refractivity (Wildman–Crippen MR) is 106 cm³/mol. The summed E-state index contributed by atoms with van der Waals surface area (Å²) in [4.78, 5) is 0. The number of halogens is 1. The van der Waals surface area contributed by atoms with E-state index < -0.39 is 7.60 Å². The third-order valence-corrected chi connectivity index (χ3v) is 5.50. The Kier molecular flexibility index (Phi) is 7.91. The van der Waals surface area contributed by atoms with Crippen molar-refractivity contribution in [1.29, 1.82) is 0 Å². The lowest BCUT2D eigenvalue weighted by Gasteiger charge is -2.16. The van der Waals surface area contributed by atoms with E-state index in [4.69, 9.17) is 13.8 Å². The second kappa shape index (κ2) is 9.93. The van der Waals surface area contributed by atoms with Crippen molar-refractivity contribution in [3.63, 3.8) is 0 Å². The van der Waals surface area contributed by atoms with Crippen molar-refractivity contribution in [3.8, 4) is 5.75 Å². The van der Waals surface area contributed by atoms with Gasteiger partial charge in [-0.15, -0.1) is 0 Å². The Morgan fingerprint density at radius 2 is 1.88 bits per heavy atom. The van der Waals surface area contributed by atoms with Gasteiger partial charge in [0.05, 0.1) is 13.2 Å². The van der Waals surface area contributed by atoms with Crippen LogP contribution in [0.3, 0.4) is 0 Å². The van der Waals surface area contributed by atoms with Gasteiger partial charge in [0.15, 0.2) is 0 Å². The Bertz CT molecular complexity index is 740. The highest BCUT2D eigenvalue weighted by molar-refractivity contribution is 9.10. The molecule has 1 aromatic carbocycles. The normalized spacial score (nSPS) is 14.9. The van der Waals surface area contributed by atoms with Crippen LogP contribution in [0.4, 0.5) is 0 Å². The topological polar surface area (TPSA) is 44.8 Å². The zero-order valence-electron chi connectivity index (χ0n) is 14.4. The second-order valence-corrected chi connectivity index (χ2v) is 7.96. The molecule has 1 aromatic rings. The molecule has 1 heterocycles. The van der Waals surface area contributed by atoms with E-state index in [1.54, 1.807) is 26.0 Å². The van der Waals surface area contributed by atoms with Gasteiger partial charge < -0.3 is 13.8 Å². The molecule has 0 bridgehead atoms. The van der Waals surface area contributed by atoms with Crippen LogP contribution in [0, 0.1) is 0 Å². The van der Waals surface area contributed by atoms with E-state index in [9.17, 15) is 4.57 Å². The van der Waals surface area contributed by atoms with Crippen molar-refractivity contribution < 1.29 is 18.3 Å². The van der Waals surface area contributed by atoms with Gasteiger partial charge in [-0.25, -0.2) is 0 Å². The number of benzene rings is 1. The van der Waals surface area contributed by atoms with Gasteiger partial charge in [-0.1, -0.05) is 46.3 Å². The lowest BCUT2D eigenvalue weighted by atomic mass is 10.1. The van der Waals surface area contributed by atoms with Gasteiger partial charge in [-0.3, -0.25) is 4.57 Å². The van der Waals surface area contributed by atoms with E-state index in [1.165, 1.54) is 5.82 Å². The molecule has 0 aromatic heterocycles. The molecule has 6 heteroatoms. The maximum atomic E-state index is 12.2. The molecule has 0 radical (unpaired) electrons.